The molecule has 1 aliphatic rings. The van der Waals surface area contributed by atoms with Crippen molar-refractivity contribution in [2.75, 3.05) is 6.26 Å². The van der Waals surface area contributed by atoms with Crippen molar-refractivity contribution in [2.45, 2.75) is 56.2 Å². The van der Waals surface area contributed by atoms with Gasteiger partial charge in [0.1, 0.15) is 5.82 Å². The normalized spacial score (nSPS) is 19.2. The molecular formula is C17H23ClN2S. The third-order valence-electron chi connectivity index (χ3n) is 4.75. The molecule has 1 aromatic heterocycles. The van der Waals surface area contributed by atoms with Gasteiger partial charge in [-0.1, -0.05) is 25.0 Å². The van der Waals surface area contributed by atoms with E-state index in [4.69, 9.17) is 16.6 Å². The lowest BCUT2D eigenvalue weighted by Gasteiger charge is -2.29. The lowest BCUT2D eigenvalue weighted by atomic mass is 10.1. The minimum Gasteiger partial charge on any atom is -0.325 e. The molecule has 2 aromatic rings. The topological polar surface area (TPSA) is 17.8 Å². The average molecular weight is 323 g/mol. The van der Waals surface area contributed by atoms with Gasteiger partial charge in [-0.05, 0) is 44.6 Å². The first-order valence-corrected chi connectivity index (χ1v) is 9.37. The van der Waals surface area contributed by atoms with Crippen molar-refractivity contribution < 1.29 is 0 Å². The van der Waals surface area contributed by atoms with Crippen molar-refractivity contribution in [1.29, 1.82) is 0 Å². The van der Waals surface area contributed by atoms with Crippen LogP contribution in [0.5, 0.6) is 0 Å². The van der Waals surface area contributed by atoms with Crippen LogP contribution in [0.1, 0.15) is 49.4 Å². The second-order valence-electron chi connectivity index (χ2n) is 6.21. The predicted molar refractivity (Wildman–Crippen MR) is 93.5 cm³/mol. The van der Waals surface area contributed by atoms with Crippen LogP contribution in [0.15, 0.2) is 18.2 Å². The summed E-state index contributed by atoms with van der Waals surface area (Å²) in [7, 11) is 0. The molecule has 0 bridgehead atoms. The third-order valence-corrected chi connectivity index (χ3v) is 6.35. The number of hydrogen-bond donors (Lipinski definition) is 0. The molecule has 21 heavy (non-hydrogen) atoms. The van der Waals surface area contributed by atoms with Crippen molar-refractivity contribution in [3.05, 3.63) is 29.6 Å². The highest BCUT2D eigenvalue weighted by molar-refractivity contribution is 8.00. The molecule has 1 atom stereocenters. The van der Waals surface area contributed by atoms with Crippen LogP contribution in [0.3, 0.4) is 0 Å². The fourth-order valence-corrected chi connectivity index (χ4v) is 4.70. The number of benzene rings is 1. The summed E-state index contributed by atoms with van der Waals surface area (Å²) in [5.74, 6) is 1.02. The first kappa shape index (κ1) is 15.2. The summed E-state index contributed by atoms with van der Waals surface area (Å²) in [5.41, 5.74) is 3.63. The van der Waals surface area contributed by atoms with E-state index >= 15 is 0 Å². The van der Waals surface area contributed by atoms with Crippen LogP contribution in [-0.4, -0.2) is 20.6 Å². The van der Waals surface area contributed by atoms with E-state index in [9.17, 15) is 0 Å². The van der Waals surface area contributed by atoms with Crippen molar-refractivity contribution >= 4 is 34.4 Å². The Hall–Kier alpha value is -0.670. The molecule has 0 aliphatic heterocycles. The molecule has 0 amide bonds. The molecule has 1 fully saturated rings. The zero-order valence-corrected chi connectivity index (χ0v) is 14.6. The maximum atomic E-state index is 6.42. The molecule has 0 saturated heterocycles. The first-order valence-electron chi connectivity index (χ1n) is 7.71. The number of fused-ring (bicyclic) bond motifs is 1. The van der Waals surface area contributed by atoms with Crippen LogP contribution in [-0.2, 0) is 6.54 Å². The minimum atomic E-state index is -0.0582. The zero-order chi connectivity index (χ0) is 15.0. The SMILES string of the molecule is CSC1(Cn2c(C(C)Cl)nc3cccc(C)c32)CCCC1. The van der Waals surface area contributed by atoms with Crippen LogP contribution in [0.25, 0.3) is 11.0 Å². The molecule has 1 unspecified atom stereocenters. The Morgan fingerprint density at radius 2 is 2.10 bits per heavy atom. The maximum Gasteiger partial charge on any atom is 0.127 e. The first-order chi connectivity index (χ1) is 10.1. The van der Waals surface area contributed by atoms with E-state index in [1.165, 1.54) is 36.8 Å². The van der Waals surface area contributed by atoms with Gasteiger partial charge in [0.15, 0.2) is 0 Å². The lowest BCUT2D eigenvalue weighted by molar-refractivity contribution is 0.500. The fourth-order valence-electron chi connectivity index (χ4n) is 3.58. The molecule has 0 radical (unpaired) electrons. The molecule has 114 valence electrons. The summed E-state index contributed by atoms with van der Waals surface area (Å²) >= 11 is 8.44. The number of alkyl halides is 1. The van der Waals surface area contributed by atoms with Gasteiger partial charge in [0, 0.05) is 11.3 Å². The van der Waals surface area contributed by atoms with Gasteiger partial charge >= 0.3 is 0 Å². The highest BCUT2D eigenvalue weighted by Gasteiger charge is 2.35. The number of imidazole rings is 1. The standard InChI is InChI=1S/C17H23ClN2S/c1-12-7-6-8-14-15(12)20(16(19-14)13(2)18)11-17(21-3)9-4-5-10-17/h6-8,13H,4-5,9-11H2,1-3H3. The number of rotatable bonds is 4. The van der Waals surface area contributed by atoms with E-state index in [2.05, 4.69) is 35.9 Å². The molecule has 1 heterocycles. The quantitative estimate of drug-likeness (QED) is 0.709. The van der Waals surface area contributed by atoms with Gasteiger partial charge < -0.3 is 4.57 Å². The minimum absolute atomic E-state index is 0.0582. The Balaban J connectivity index is 2.13. The molecule has 0 N–H and O–H groups in total. The van der Waals surface area contributed by atoms with Crippen LogP contribution in [0.2, 0.25) is 0 Å². The monoisotopic (exact) mass is 322 g/mol. The van der Waals surface area contributed by atoms with E-state index in [1.54, 1.807) is 0 Å². The molecule has 0 spiro atoms. The highest BCUT2D eigenvalue weighted by atomic mass is 35.5. The van der Waals surface area contributed by atoms with Gasteiger partial charge in [-0.15, -0.1) is 11.6 Å². The Morgan fingerprint density at radius 1 is 1.38 bits per heavy atom. The second kappa shape index (κ2) is 5.85. The highest BCUT2D eigenvalue weighted by Crippen LogP contribution is 2.43. The lowest BCUT2D eigenvalue weighted by Crippen LogP contribution is -2.28. The van der Waals surface area contributed by atoms with Gasteiger partial charge in [-0.3, -0.25) is 0 Å². The maximum absolute atomic E-state index is 6.42. The summed E-state index contributed by atoms with van der Waals surface area (Å²) in [6, 6.07) is 6.35. The van der Waals surface area contributed by atoms with Gasteiger partial charge in [0.2, 0.25) is 0 Å². The predicted octanol–water partition coefficient (Wildman–Crippen LogP) is 5.32. The Bertz CT molecular complexity index is 642. The molecule has 1 aromatic carbocycles. The van der Waals surface area contributed by atoms with Crippen LogP contribution in [0.4, 0.5) is 0 Å². The summed E-state index contributed by atoms with van der Waals surface area (Å²) in [6.07, 6.45) is 7.54. The summed E-state index contributed by atoms with van der Waals surface area (Å²) in [4.78, 5) is 4.80. The number of thioether (sulfide) groups is 1. The molecule has 3 rings (SSSR count). The van der Waals surface area contributed by atoms with Crippen molar-refractivity contribution in [1.82, 2.24) is 9.55 Å². The summed E-state index contributed by atoms with van der Waals surface area (Å²) in [5, 5.41) is -0.0582. The molecular weight excluding hydrogens is 300 g/mol. The largest absolute Gasteiger partial charge is 0.325 e. The van der Waals surface area contributed by atoms with Gasteiger partial charge in [0.05, 0.1) is 16.4 Å². The number of aryl methyl sites for hydroxylation is 1. The van der Waals surface area contributed by atoms with Crippen LogP contribution >= 0.6 is 23.4 Å². The molecule has 4 heteroatoms. The molecule has 1 aliphatic carbocycles. The Labute approximate surface area is 136 Å². The van der Waals surface area contributed by atoms with E-state index in [0.29, 0.717) is 4.75 Å². The van der Waals surface area contributed by atoms with Crippen LogP contribution < -0.4 is 0 Å². The third kappa shape index (κ3) is 2.70. The smallest absolute Gasteiger partial charge is 0.127 e. The van der Waals surface area contributed by atoms with Gasteiger partial charge in [-0.2, -0.15) is 11.8 Å². The van der Waals surface area contributed by atoms with E-state index < -0.39 is 0 Å². The molecule has 1 saturated carbocycles. The Morgan fingerprint density at radius 3 is 2.71 bits per heavy atom. The number of hydrogen-bond acceptors (Lipinski definition) is 2. The number of nitrogens with zero attached hydrogens (tertiary/aromatic N) is 2. The number of halogens is 1. The summed E-state index contributed by atoms with van der Waals surface area (Å²) in [6.45, 7) is 5.22. The van der Waals surface area contributed by atoms with Gasteiger partial charge in [-0.25, -0.2) is 4.98 Å². The van der Waals surface area contributed by atoms with Gasteiger partial charge in [0.25, 0.3) is 0 Å². The molecule has 2 nitrogen and oxygen atoms in total. The fraction of sp³-hybridized carbons (Fsp3) is 0.588. The van der Waals surface area contributed by atoms with Crippen molar-refractivity contribution in [3.8, 4) is 0 Å². The Kier molecular flexibility index (Phi) is 4.24. The second-order valence-corrected chi connectivity index (χ2v) is 8.14. The zero-order valence-electron chi connectivity index (χ0n) is 13.0. The summed E-state index contributed by atoms with van der Waals surface area (Å²) < 4.78 is 2.75. The van der Waals surface area contributed by atoms with E-state index in [1.807, 2.05) is 18.7 Å². The van der Waals surface area contributed by atoms with E-state index in [-0.39, 0.29) is 5.38 Å². The number of aromatic nitrogens is 2. The van der Waals surface area contributed by atoms with E-state index in [0.717, 1.165) is 17.9 Å². The van der Waals surface area contributed by atoms with Crippen molar-refractivity contribution in [3.63, 3.8) is 0 Å². The van der Waals surface area contributed by atoms with Crippen molar-refractivity contribution in [2.24, 2.45) is 0 Å². The number of para-hydroxylation sites is 1. The average Bonchev–Trinajstić information content (AvgIpc) is 3.06. The van der Waals surface area contributed by atoms with Crippen LogP contribution in [0, 0.1) is 6.92 Å².